The highest BCUT2D eigenvalue weighted by Crippen LogP contribution is 2.14. The van der Waals surface area contributed by atoms with Crippen molar-refractivity contribution >= 4 is 34.2 Å². The summed E-state index contributed by atoms with van der Waals surface area (Å²) in [6.45, 7) is 0.612. The molecule has 0 fully saturated rings. The molecule has 0 aliphatic rings. The van der Waals surface area contributed by atoms with E-state index in [9.17, 15) is 4.79 Å². The van der Waals surface area contributed by atoms with Crippen LogP contribution in [-0.4, -0.2) is 13.1 Å². The minimum atomic E-state index is -0.331. The van der Waals surface area contributed by atoms with Gasteiger partial charge in [-0.3, -0.25) is 0 Å². The first-order valence-corrected chi connectivity index (χ1v) is 6.43. The third-order valence-corrected chi connectivity index (χ3v) is 2.98. The van der Waals surface area contributed by atoms with E-state index in [4.69, 9.17) is 4.42 Å². The van der Waals surface area contributed by atoms with Crippen LogP contribution in [0.2, 0.25) is 0 Å². The van der Waals surface area contributed by atoms with Gasteiger partial charge in [-0.25, -0.2) is 4.79 Å². The van der Waals surface area contributed by atoms with Crippen molar-refractivity contribution in [1.82, 2.24) is 0 Å². The lowest BCUT2D eigenvalue weighted by Gasteiger charge is -2.05. The van der Waals surface area contributed by atoms with E-state index in [0.717, 1.165) is 15.2 Å². The summed E-state index contributed by atoms with van der Waals surface area (Å²) in [5.41, 5.74) is 1.46. The number of furan rings is 1. The Hall–Kier alpha value is -1.50. The van der Waals surface area contributed by atoms with Crippen LogP contribution in [0.1, 0.15) is 16.1 Å². The molecule has 94 valence electrons. The summed E-state index contributed by atoms with van der Waals surface area (Å²) in [5.74, 6) is 0.540. The molecule has 0 amide bonds. The Labute approximate surface area is 118 Å². The molecule has 2 rings (SSSR count). The van der Waals surface area contributed by atoms with Gasteiger partial charge in [-0.05, 0) is 59.0 Å². The molecule has 0 atom stereocenters. The minimum absolute atomic E-state index is 0.331. The molecule has 5 heteroatoms. The van der Waals surface area contributed by atoms with E-state index in [1.165, 1.54) is 7.11 Å². The molecule has 4 nitrogen and oxygen atoms in total. The molecule has 1 N–H and O–H groups in total. The third-order valence-electron chi connectivity index (χ3n) is 2.40. The van der Waals surface area contributed by atoms with E-state index in [-0.39, 0.29) is 5.97 Å². The Morgan fingerprint density at radius 3 is 2.56 bits per heavy atom. The number of nitrogens with one attached hydrogen (secondary N) is 1. The molecule has 2 aromatic rings. The van der Waals surface area contributed by atoms with Crippen molar-refractivity contribution in [2.45, 2.75) is 6.54 Å². The van der Waals surface area contributed by atoms with Crippen molar-refractivity contribution in [3.8, 4) is 0 Å². The van der Waals surface area contributed by atoms with Gasteiger partial charge in [0.05, 0.1) is 19.2 Å². The summed E-state index contributed by atoms with van der Waals surface area (Å²) in [6, 6.07) is 11.0. The number of rotatable bonds is 4. The summed E-state index contributed by atoms with van der Waals surface area (Å²) in [5, 5.41) is 3.21. The van der Waals surface area contributed by atoms with Gasteiger partial charge in [0, 0.05) is 5.69 Å². The molecular formula is C13H12INO3. The van der Waals surface area contributed by atoms with Crippen molar-refractivity contribution in [1.29, 1.82) is 0 Å². The van der Waals surface area contributed by atoms with Crippen molar-refractivity contribution in [2.24, 2.45) is 0 Å². The maximum atomic E-state index is 11.2. The zero-order valence-electron chi connectivity index (χ0n) is 9.77. The van der Waals surface area contributed by atoms with Crippen molar-refractivity contribution in [3.63, 3.8) is 0 Å². The first-order valence-electron chi connectivity index (χ1n) is 5.35. The number of hydrogen-bond donors (Lipinski definition) is 1. The number of ether oxygens (including phenoxy) is 1. The lowest BCUT2D eigenvalue weighted by molar-refractivity contribution is 0.0601. The highest BCUT2D eigenvalue weighted by atomic mass is 127. The lowest BCUT2D eigenvalue weighted by atomic mass is 10.2. The summed E-state index contributed by atoms with van der Waals surface area (Å²) < 4.78 is 10.9. The lowest BCUT2D eigenvalue weighted by Crippen LogP contribution is -2.02. The molecule has 0 spiro atoms. The molecule has 0 radical (unpaired) electrons. The second kappa shape index (κ2) is 5.90. The van der Waals surface area contributed by atoms with Crippen LogP contribution in [0.4, 0.5) is 5.69 Å². The normalized spacial score (nSPS) is 10.1. The first-order chi connectivity index (χ1) is 8.69. The zero-order valence-corrected chi connectivity index (χ0v) is 11.9. The van der Waals surface area contributed by atoms with Crippen LogP contribution in [0.3, 0.4) is 0 Å². The molecular weight excluding hydrogens is 345 g/mol. The van der Waals surface area contributed by atoms with Crippen LogP contribution in [0, 0.1) is 3.77 Å². The molecule has 0 aliphatic carbocycles. The van der Waals surface area contributed by atoms with E-state index in [1.54, 1.807) is 12.1 Å². The average Bonchev–Trinajstić information content (AvgIpc) is 2.82. The average molecular weight is 357 g/mol. The molecule has 0 bridgehead atoms. The number of esters is 1. The molecule has 1 aromatic heterocycles. The van der Waals surface area contributed by atoms with Gasteiger partial charge in [-0.2, -0.15) is 0 Å². The number of benzene rings is 1. The molecule has 0 unspecified atom stereocenters. The standard InChI is InChI=1S/C13H12INO3/c1-17-13(16)9-2-4-10(5-3-9)15-8-11-6-7-12(14)18-11/h2-7,15H,8H2,1H3. The van der Waals surface area contributed by atoms with Crippen LogP contribution >= 0.6 is 22.6 Å². The molecule has 0 saturated carbocycles. The number of anilines is 1. The quantitative estimate of drug-likeness (QED) is 0.674. The van der Waals surface area contributed by atoms with Crippen molar-refractivity contribution in [2.75, 3.05) is 12.4 Å². The third kappa shape index (κ3) is 3.25. The minimum Gasteiger partial charge on any atom is -0.465 e. The fourth-order valence-corrected chi connectivity index (χ4v) is 1.94. The summed E-state index contributed by atoms with van der Waals surface area (Å²) in [7, 11) is 1.37. The smallest absolute Gasteiger partial charge is 0.337 e. The van der Waals surface area contributed by atoms with Gasteiger partial charge < -0.3 is 14.5 Å². The topological polar surface area (TPSA) is 51.5 Å². The Balaban J connectivity index is 1.96. The molecule has 1 aromatic carbocycles. The Morgan fingerprint density at radius 1 is 1.28 bits per heavy atom. The number of carbonyl (C=O) groups excluding carboxylic acids is 1. The molecule has 1 heterocycles. The van der Waals surface area contributed by atoms with E-state index in [1.807, 2.05) is 24.3 Å². The summed E-state index contributed by atoms with van der Waals surface area (Å²) in [6.07, 6.45) is 0. The van der Waals surface area contributed by atoms with Gasteiger partial charge in [0.1, 0.15) is 5.76 Å². The van der Waals surface area contributed by atoms with Gasteiger partial charge in [0.25, 0.3) is 0 Å². The maximum Gasteiger partial charge on any atom is 0.337 e. The highest BCUT2D eigenvalue weighted by Gasteiger charge is 2.04. The Kier molecular flexibility index (Phi) is 4.24. The van der Waals surface area contributed by atoms with Crippen molar-refractivity contribution < 1.29 is 13.9 Å². The van der Waals surface area contributed by atoms with Gasteiger partial charge in [-0.15, -0.1) is 0 Å². The second-order valence-electron chi connectivity index (χ2n) is 3.63. The van der Waals surface area contributed by atoms with Gasteiger partial charge >= 0.3 is 5.97 Å². The van der Waals surface area contributed by atoms with E-state index >= 15 is 0 Å². The number of carbonyl (C=O) groups is 1. The monoisotopic (exact) mass is 357 g/mol. The van der Waals surface area contributed by atoms with Crippen LogP contribution in [0.15, 0.2) is 40.8 Å². The number of hydrogen-bond acceptors (Lipinski definition) is 4. The van der Waals surface area contributed by atoms with Gasteiger partial charge in [-0.1, -0.05) is 0 Å². The molecule has 0 aliphatic heterocycles. The predicted molar refractivity (Wildman–Crippen MR) is 76.5 cm³/mol. The van der Waals surface area contributed by atoms with Gasteiger partial charge in [0.15, 0.2) is 3.77 Å². The second-order valence-corrected chi connectivity index (χ2v) is 4.69. The summed E-state index contributed by atoms with van der Waals surface area (Å²) in [4.78, 5) is 11.2. The van der Waals surface area contributed by atoms with Crippen molar-refractivity contribution in [3.05, 3.63) is 51.5 Å². The predicted octanol–water partition coefficient (Wildman–Crippen LogP) is 3.28. The Bertz CT molecular complexity index is 533. The molecule has 18 heavy (non-hydrogen) atoms. The van der Waals surface area contributed by atoms with E-state index < -0.39 is 0 Å². The van der Waals surface area contributed by atoms with E-state index in [2.05, 4.69) is 32.6 Å². The largest absolute Gasteiger partial charge is 0.465 e. The van der Waals surface area contributed by atoms with Crippen LogP contribution < -0.4 is 5.32 Å². The van der Waals surface area contributed by atoms with Crippen LogP contribution in [-0.2, 0) is 11.3 Å². The fourth-order valence-electron chi connectivity index (χ4n) is 1.48. The SMILES string of the molecule is COC(=O)c1ccc(NCc2ccc(I)o2)cc1. The first kappa shape index (κ1) is 12.9. The highest BCUT2D eigenvalue weighted by molar-refractivity contribution is 14.1. The zero-order chi connectivity index (χ0) is 13.0. The Morgan fingerprint density at radius 2 is 2.00 bits per heavy atom. The number of methoxy groups -OCH3 is 1. The fraction of sp³-hybridized carbons (Fsp3) is 0.154. The molecule has 0 saturated heterocycles. The summed E-state index contributed by atoms with van der Waals surface area (Å²) >= 11 is 2.12. The maximum absolute atomic E-state index is 11.2. The van der Waals surface area contributed by atoms with Crippen LogP contribution in [0.5, 0.6) is 0 Å². The van der Waals surface area contributed by atoms with Crippen LogP contribution in [0.25, 0.3) is 0 Å². The van der Waals surface area contributed by atoms with Gasteiger partial charge in [0.2, 0.25) is 0 Å². The number of halogens is 1. The van der Waals surface area contributed by atoms with E-state index in [0.29, 0.717) is 12.1 Å².